The minimum absolute atomic E-state index is 0.103. The Bertz CT molecular complexity index is 1060. The number of halogens is 1. The summed E-state index contributed by atoms with van der Waals surface area (Å²) in [5, 5.41) is 0. The molecule has 2 heterocycles. The molecule has 0 bridgehead atoms. The predicted molar refractivity (Wildman–Crippen MR) is 119 cm³/mol. The van der Waals surface area contributed by atoms with Crippen LogP contribution in [0.4, 0.5) is 10.1 Å². The lowest BCUT2D eigenvalue weighted by atomic mass is 9.98. The summed E-state index contributed by atoms with van der Waals surface area (Å²) in [6, 6.07) is 10.2. The molecule has 0 aliphatic carbocycles. The van der Waals surface area contributed by atoms with Gasteiger partial charge in [-0.3, -0.25) is 4.79 Å². The van der Waals surface area contributed by atoms with Crippen LogP contribution in [0.1, 0.15) is 48.8 Å². The molecular formula is C24H29FN2O3S. The Morgan fingerprint density at radius 3 is 2.42 bits per heavy atom. The van der Waals surface area contributed by atoms with Crippen molar-refractivity contribution in [1.29, 1.82) is 0 Å². The van der Waals surface area contributed by atoms with Crippen LogP contribution < -0.4 is 4.90 Å². The molecule has 4 rings (SSSR count). The maximum Gasteiger partial charge on any atom is 0.243 e. The number of benzene rings is 2. The van der Waals surface area contributed by atoms with Crippen molar-refractivity contribution in [1.82, 2.24) is 4.31 Å². The molecule has 2 aliphatic heterocycles. The van der Waals surface area contributed by atoms with Gasteiger partial charge in [-0.2, -0.15) is 4.31 Å². The van der Waals surface area contributed by atoms with Crippen LogP contribution in [0.15, 0.2) is 41.3 Å². The van der Waals surface area contributed by atoms with Crippen molar-refractivity contribution in [3.63, 3.8) is 0 Å². The van der Waals surface area contributed by atoms with Gasteiger partial charge in [0.15, 0.2) is 0 Å². The number of carbonyl (C=O) groups excluding carboxylic acids is 1. The van der Waals surface area contributed by atoms with Crippen molar-refractivity contribution in [2.24, 2.45) is 0 Å². The zero-order valence-corrected chi connectivity index (χ0v) is 18.8. The van der Waals surface area contributed by atoms with E-state index in [0.717, 1.165) is 48.8 Å². The Kier molecular flexibility index (Phi) is 6.44. The van der Waals surface area contributed by atoms with Crippen LogP contribution in [0, 0.1) is 12.7 Å². The third-order valence-electron chi connectivity index (χ3n) is 6.19. The van der Waals surface area contributed by atoms with E-state index >= 15 is 0 Å². The number of amides is 1. The number of aryl methyl sites for hydroxylation is 3. The van der Waals surface area contributed by atoms with E-state index in [1.54, 1.807) is 33.5 Å². The summed E-state index contributed by atoms with van der Waals surface area (Å²) in [5.74, 6) is -0.441. The van der Waals surface area contributed by atoms with Crippen LogP contribution in [-0.4, -0.2) is 38.3 Å². The quantitative estimate of drug-likeness (QED) is 0.694. The van der Waals surface area contributed by atoms with E-state index in [0.29, 0.717) is 36.6 Å². The van der Waals surface area contributed by atoms with Crippen LogP contribution in [-0.2, 0) is 27.7 Å². The standard InChI is InChI=1S/C24H29FN2O3S/c1-18-16-20-6-5-15-27(24(20)22(25)17-18)23(28)12-9-19-7-10-21(11-8-19)31(29,30)26-13-3-2-4-14-26/h7-8,10-11,16-17H,2-6,9,12-15H2,1H3. The van der Waals surface area contributed by atoms with Crippen molar-refractivity contribution < 1.29 is 17.6 Å². The average molecular weight is 445 g/mol. The van der Waals surface area contributed by atoms with Gasteiger partial charge >= 0.3 is 0 Å². The third kappa shape index (κ3) is 4.67. The van der Waals surface area contributed by atoms with Crippen molar-refractivity contribution in [2.75, 3.05) is 24.5 Å². The fourth-order valence-electron chi connectivity index (χ4n) is 4.56. The van der Waals surface area contributed by atoms with Gasteiger partial charge in [-0.1, -0.05) is 24.6 Å². The lowest BCUT2D eigenvalue weighted by Crippen LogP contribution is -2.36. The molecule has 0 saturated carbocycles. The molecule has 166 valence electrons. The molecule has 0 spiro atoms. The monoisotopic (exact) mass is 444 g/mol. The van der Waals surface area contributed by atoms with Gasteiger partial charge in [-0.05, 0) is 73.9 Å². The van der Waals surface area contributed by atoms with Gasteiger partial charge in [0.1, 0.15) is 5.82 Å². The first-order valence-corrected chi connectivity index (χ1v) is 12.5. The van der Waals surface area contributed by atoms with E-state index in [-0.39, 0.29) is 18.1 Å². The number of carbonyl (C=O) groups is 1. The molecule has 1 amide bonds. The van der Waals surface area contributed by atoms with Crippen molar-refractivity contribution in [2.45, 2.75) is 56.8 Å². The first kappa shape index (κ1) is 22.0. The second-order valence-corrected chi connectivity index (χ2v) is 10.5. The van der Waals surface area contributed by atoms with Gasteiger partial charge in [0.25, 0.3) is 0 Å². The third-order valence-corrected chi connectivity index (χ3v) is 8.10. The van der Waals surface area contributed by atoms with E-state index < -0.39 is 10.0 Å². The number of anilines is 1. The molecule has 5 nitrogen and oxygen atoms in total. The number of rotatable bonds is 5. The van der Waals surface area contributed by atoms with Gasteiger partial charge in [-0.15, -0.1) is 0 Å². The van der Waals surface area contributed by atoms with E-state index in [1.165, 1.54) is 6.07 Å². The Labute approximate surface area is 183 Å². The normalized spacial score (nSPS) is 17.4. The molecule has 2 aromatic rings. The minimum atomic E-state index is -3.45. The highest BCUT2D eigenvalue weighted by Gasteiger charge is 2.27. The molecule has 31 heavy (non-hydrogen) atoms. The second kappa shape index (κ2) is 9.09. The number of piperidine rings is 1. The number of fused-ring (bicyclic) bond motifs is 1. The van der Waals surface area contributed by atoms with Gasteiger partial charge in [0, 0.05) is 26.1 Å². The van der Waals surface area contributed by atoms with E-state index in [1.807, 2.05) is 13.0 Å². The minimum Gasteiger partial charge on any atom is -0.309 e. The maximum atomic E-state index is 14.6. The first-order chi connectivity index (χ1) is 14.9. The summed E-state index contributed by atoms with van der Waals surface area (Å²) in [5.41, 5.74) is 3.08. The predicted octanol–water partition coefficient (Wildman–Crippen LogP) is 4.22. The SMILES string of the molecule is Cc1cc(F)c2c(c1)CCCN2C(=O)CCc1ccc(S(=O)(=O)N2CCCCC2)cc1. The molecule has 0 aromatic heterocycles. The van der Waals surface area contributed by atoms with Crippen LogP contribution in [0.3, 0.4) is 0 Å². The molecule has 1 saturated heterocycles. The Morgan fingerprint density at radius 2 is 1.71 bits per heavy atom. The summed E-state index contributed by atoms with van der Waals surface area (Å²) in [4.78, 5) is 14.7. The zero-order valence-electron chi connectivity index (χ0n) is 17.9. The number of hydrogen-bond donors (Lipinski definition) is 0. The van der Waals surface area contributed by atoms with Crippen LogP contribution >= 0.6 is 0 Å². The molecule has 0 N–H and O–H groups in total. The lowest BCUT2D eigenvalue weighted by Gasteiger charge is -2.30. The van der Waals surface area contributed by atoms with Gasteiger partial charge in [0.2, 0.25) is 15.9 Å². The number of hydrogen-bond acceptors (Lipinski definition) is 3. The zero-order chi connectivity index (χ0) is 22.0. The topological polar surface area (TPSA) is 57.7 Å². The number of nitrogens with zero attached hydrogens (tertiary/aromatic N) is 2. The summed E-state index contributed by atoms with van der Waals surface area (Å²) >= 11 is 0. The van der Waals surface area contributed by atoms with E-state index in [4.69, 9.17) is 0 Å². The van der Waals surface area contributed by atoms with Gasteiger partial charge in [0.05, 0.1) is 10.6 Å². The average Bonchev–Trinajstić information content (AvgIpc) is 2.77. The fourth-order valence-corrected chi connectivity index (χ4v) is 6.07. The van der Waals surface area contributed by atoms with E-state index in [9.17, 15) is 17.6 Å². The summed E-state index contributed by atoms with van der Waals surface area (Å²) in [6.45, 7) is 3.54. The lowest BCUT2D eigenvalue weighted by molar-refractivity contribution is -0.118. The van der Waals surface area contributed by atoms with Crippen LogP contribution in [0.2, 0.25) is 0 Å². The summed E-state index contributed by atoms with van der Waals surface area (Å²) in [6.07, 6.45) is 5.23. The molecule has 0 unspecified atom stereocenters. The Hall–Kier alpha value is -2.25. The second-order valence-electron chi connectivity index (χ2n) is 8.51. The molecule has 1 fully saturated rings. The Morgan fingerprint density at radius 1 is 1.00 bits per heavy atom. The highest BCUT2D eigenvalue weighted by molar-refractivity contribution is 7.89. The largest absolute Gasteiger partial charge is 0.309 e. The van der Waals surface area contributed by atoms with Gasteiger partial charge < -0.3 is 4.90 Å². The molecule has 2 aliphatic rings. The van der Waals surface area contributed by atoms with Crippen molar-refractivity contribution in [3.05, 3.63) is 58.9 Å². The Balaban J connectivity index is 1.42. The van der Waals surface area contributed by atoms with Crippen LogP contribution in [0.5, 0.6) is 0 Å². The van der Waals surface area contributed by atoms with Crippen LogP contribution in [0.25, 0.3) is 0 Å². The molecule has 7 heteroatoms. The fraction of sp³-hybridized carbons (Fsp3) is 0.458. The molecule has 0 radical (unpaired) electrons. The number of sulfonamides is 1. The van der Waals surface area contributed by atoms with Crippen molar-refractivity contribution in [3.8, 4) is 0 Å². The highest BCUT2D eigenvalue weighted by Crippen LogP contribution is 2.32. The van der Waals surface area contributed by atoms with Gasteiger partial charge in [-0.25, -0.2) is 12.8 Å². The molecule has 0 atom stereocenters. The highest BCUT2D eigenvalue weighted by atomic mass is 32.2. The molecule has 2 aromatic carbocycles. The van der Waals surface area contributed by atoms with E-state index in [2.05, 4.69) is 0 Å². The first-order valence-electron chi connectivity index (χ1n) is 11.0. The summed E-state index contributed by atoms with van der Waals surface area (Å²) in [7, 11) is -3.45. The summed E-state index contributed by atoms with van der Waals surface area (Å²) < 4.78 is 41.7. The smallest absolute Gasteiger partial charge is 0.243 e. The maximum absolute atomic E-state index is 14.6. The molecular weight excluding hydrogens is 415 g/mol. The van der Waals surface area contributed by atoms with Crippen molar-refractivity contribution >= 4 is 21.6 Å².